The number of alkyl halides is 3. The normalized spacial score (nSPS) is 24.1. The molecule has 33 heavy (non-hydrogen) atoms. The first kappa shape index (κ1) is 23.1. The zero-order chi connectivity index (χ0) is 24.1. The van der Waals surface area contributed by atoms with Gasteiger partial charge in [-0.05, 0) is 49.1 Å². The van der Waals surface area contributed by atoms with E-state index in [1.165, 1.54) is 0 Å². The second-order valence-electron chi connectivity index (χ2n) is 9.12. The average Bonchev–Trinajstić information content (AvgIpc) is 3.13. The highest BCUT2D eigenvalue weighted by Gasteiger charge is 2.59. The summed E-state index contributed by atoms with van der Waals surface area (Å²) in [6.45, 7) is 5.95. The van der Waals surface area contributed by atoms with E-state index < -0.39 is 35.3 Å². The van der Waals surface area contributed by atoms with Gasteiger partial charge in [0.1, 0.15) is 0 Å². The van der Waals surface area contributed by atoms with Gasteiger partial charge in [0, 0.05) is 25.4 Å². The van der Waals surface area contributed by atoms with Gasteiger partial charge in [-0.15, -0.1) is 0 Å². The number of hydrogen-bond acceptors (Lipinski definition) is 2. The number of amides is 3. The minimum Gasteiger partial charge on any atom is -0.351 e. The van der Waals surface area contributed by atoms with Crippen molar-refractivity contribution in [3.63, 3.8) is 0 Å². The lowest BCUT2D eigenvalue weighted by molar-refractivity contribution is -0.137. The van der Waals surface area contributed by atoms with Crippen LogP contribution in [-0.2, 0) is 16.5 Å². The van der Waals surface area contributed by atoms with Crippen LogP contribution in [0.5, 0.6) is 0 Å². The molecule has 0 saturated carbocycles. The van der Waals surface area contributed by atoms with Crippen LogP contribution in [0.2, 0.25) is 0 Å². The second-order valence-corrected chi connectivity index (χ2v) is 9.12. The number of benzene rings is 2. The highest BCUT2D eigenvalue weighted by Crippen LogP contribution is 2.52. The van der Waals surface area contributed by atoms with E-state index in [1.807, 2.05) is 38.1 Å². The SMILES string of the molecule is Cc1cc([C@H](C)C2(c3ccccc3C)C3CCC(=O)N3CCN2C(N)=O)cc(C(F)(F)F)c1. The van der Waals surface area contributed by atoms with E-state index in [1.54, 1.807) is 22.8 Å². The molecule has 2 aliphatic heterocycles. The predicted octanol–water partition coefficient (Wildman–Crippen LogP) is 4.71. The van der Waals surface area contributed by atoms with Crippen molar-refractivity contribution in [2.75, 3.05) is 13.1 Å². The summed E-state index contributed by atoms with van der Waals surface area (Å²) in [6.07, 6.45) is -3.67. The van der Waals surface area contributed by atoms with Crippen LogP contribution in [0.1, 0.15) is 53.5 Å². The number of nitrogens with zero attached hydrogens (tertiary/aromatic N) is 2. The fraction of sp³-hybridized carbons (Fsp3) is 0.440. The summed E-state index contributed by atoms with van der Waals surface area (Å²) in [5.41, 5.74) is 6.69. The number of fused-ring (bicyclic) bond motifs is 1. The van der Waals surface area contributed by atoms with Crippen molar-refractivity contribution < 1.29 is 22.8 Å². The molecule has 176 valence electrons. The number of aryl methyl sites for hydroxylation is 2. The van der Waals surface area contributed by atoms with Crippen LogP contribution >= 0.6 is 0 Å². The predicted molar refractivity (Wildman–Crippen MR) is 118 cm³/mol. The maximum atomic E-state index is 13.7. The molecule has 3 atom stereocenters. The van der Waals surface area contributed by atoms with E-state index in [4.69, 9.17) is 5.73 Å². The zero-order valence-corrected chi connectivity index (χ0v) is 18.9. The Labute approximate surface area is 191 Å². The van der Waals surface area contributed by atoms with Gasteiger partial charge in [-0.25, -0.2) is 4.79 Å². The fourth-order valence-electron chi connectivity index (χ4n) is 5.92. The van der Waals surface area contributed by atoms with Gasteiger partial charge in [-0.2, -0.15) is 13.2 Å². The van der Waals surface area contributed by atoms with Crippen molar-refractivity contribution in [3.8, 4) is 0 Å². The average molecular weight is 460 g/mol. The number of carbonyl (C=O) groups excluding carboxylic acids is 2. The van der Waals surface area contributed by atoms with Crippen molar-refractivity contribution in [3.05, 3.63) is 70.3 Å². The van der Waals surface area contributed by atoms with Crippen LogP contribution in [-0.4, -0.2) is 40.9 Å². The summed E-state index contributed by atoms with van der Waals surface area (Å²) in [5, 5.41) is 0. The molecule has 2 fully saturated rings. The number of primary amides is 1. The largest absolute Gasteiger partial charge is 0.416 e. The monoisotopic (exact) mass is 459 g/mol. The quantitative estimate of drug-likeness (QED) is 0.723. The van der Waals surface area contributed by atoms with Gasteiger partial charge >= 0.3 is 12.2 Å². The summed E-state index contributed by atoms with van der Waals surface area (Å²) in [6, 6.07) is 10.5. The van der Waals surface area contributed by atoms with Gasteiger partial charge in [0.2, 0.25) is 5.91 Å². The maximum absolute atomic E-state index is 13.7. The van der Waals surface area contributed by atoms with Gasteiger partial charge in [-0.3, -0.25) is 4.79 Å². The molecule has 0 spiro atoms. The molecule has 5 nitrogen and oxygen atoms in total. The van der Waals surface area contributed by atoms with E-state index in [9.17, 15) is 22.8 Å². The van der Waals surface area contributed by atoms with Crippen molar-refractivity contribution >= 4 is 11.9 Å². The van der Waals surface area contributed by atoms with Crippen LogP contribution in [0, 0.1) is 13.8 Å². The molecule has 2 aromatic carbocycles. The molecule has 2 unspecified atom stereocenters. The lowest BCUT2D eigenvalue weighted by Crippen LogP contribution is -2.69. The molecule has 4 rings (SSSR count). The smallest absolute Gasteiger partial charge is 0.351 e. The molecule has 0 radical (unpaired) electrons. The highest BCUT2D eigenvalue weighted by atomic mass is 19.4. The lowest BCUT2D eigenvalue weighted by atomic mass is 9.66. The van der Waals surface area contributed by atoms with E-state index >= 15 is 0 Å². The Morgan fingerprint density at radius 1 is 1.15 bits per heavy atom. The van der Waals surface area contributed by atoms with Crippen LogP contribution in [0.15, 0.2) is 42.5 Å². The third kappa shape index (κ3) is 3.65. The number of carbonyl (C=O) groups is 2. The van der Waals surface area contributed by atoms with Crippen molar-refractivity contribution in [2.45, 2.75) is 57.3 Å². The molecule has 2 heterocycles. The zero-order valence-electron chi connectivity index (χ0n) is 18.9. The molecule has 0 aliphatic carbocycles. The molecule has 8 heteroatoms. The number of halogens is 3. The molecule has 2 N–H and O–H groups in total. The number of hydrogen-bond donors (Lipinski definition) is 1. The molecular weight excluding hydrogens is 431 g/mol. The first-order chi connectivity index (χ1) is 15.5. The van der Waals surface area contributed by atoms with Crippen LogP contribution in [0.25, 0.3) is 0 Å². The topological polar surface area (TPSA) is 66.6 Å². The Morgan fingerprint density at radius 2 is 1.85 bits per heavy atom. The third-order valence-corrected chi connectivity index (χ3v) is 7.28. The standard InChI is InChI=1S/C25H28F3N3O2/c1-15-12-18(14-19(13-15)25(26,27)28)17(3)24(20-7-5-4-6-16(20)2)21-8-9-22(32)30(21)10-11-31(24)23(29)33/h4-7,12-14,17,21H,8-11H2,1-3H3,(H2,29,33)/t17-,21?,24?/m0/s1. The molecule has 2 aliphatic rings. The molecular formula is C25H28F3N3O2. The van der Waals surface area contributed by atoms with Gasteiger partial charge in [0.15, 0.2) is 0 Å². The van der Waals surface area contributed by atoms with Gasteiger partial charge in [0.25, 0.3) is 0 Å². The first-order valence-electron chi connectivity index (χ1n) is 11.1. The van der Waals surface area contributed by atoms with E-state index in [0.717, 1.165) is 23.3 Å². The third-order valence-electron chi connectivity index (χ3n) is 7.28. The van der Waals surface area contributed by atoms with Gasteiger partial charge in [0.05, 0.1) is 17.1 Å². The number of piperazine rings is 1. The first-order valence-corrected chi connectivity index (χ1v) is 11.1. The lowest BCUT2D eigenvalue weighted by Gasteiger charge is -2.57. The van der Waals surface area contributed by atoms with Crippen LogP contribution in [0.4, 0.5) is 18.0 Å². The molecule has 2 aromatic rings. The molecule has 2 saturated heterocycles. The second kappa shape index (κ2) is 8.08. The number of nitrogens with two attached hydrogens (primary N) is 1. The number of rotatable bonds is 3. The van der Waals surface area contributed by atoms with Crippen LogP contribution < -0.4 is 5.73 Å². The van der Waals surface area contributed by atoms with Crippen molar-refractivity contribution in [1.29, 1.82) is 0 Å². The Kier molecular flexibility index (Phi) is 5.66. The minimum atomic E-state index is -4.50. The van der Waals surface area contributed by atoms with Crippen LogP contribution in [0.3, 0.4) is 0 Å². The highest BCUT2D eigenvalue weighted by molar-refractivity contribution is 5.81. The van der Waals surface area contributed by atoms with E-state index in [0.29, 0.717) is 30.5 Å². The summed E-state index contributed by atoms with van der Waals surface area (Å²) in [7, 11) is 0. The molecule has 0 aromatic heterocycles. The van der Waals surface area contributed by atoms with E-state index in [-0.39, 0.29) is 12.5 Å². The molecule has 0 bridgehead atoms. The Balaban J connectivity index is 2.02. The Hall–Kier alpha value is -3.03. The summed E-state index contributed by atoms with van der Waals surface area (Å²) in [5.74, 6) is -0.569. The Bertz CT molecular complexity index is 1100. The number of urea groups is 1. The maximum Gasteiger partial charge on any atom is 0.416 e. The summed E-state index contributed by atoms with van der Waals surface area (Å²) < 4.78 is 41.0. The summed E-state index contributed by atoms with van der Waals surface area (Å²) >= 11 is 0. The minimum absolute atomic E-state index is 0.00509. The Morgan fingerprint density at radius 3 is 2.48 bits per heavy atom. The van der Waals surface area contributed by atoms with Gasteiger partial charge < -0.3 is 15.5 Å². The van der Waals surface area contributed by atoms with Gasteiger partial charge in [-0.1, -0.05) is 42.8 Å². The summed E-state index contributed by atoms with van der Waals surface area (Å²) in [4.78, 5) is 28.9. The van der Waals surface area contributed by atoms with Crippen molar-refractivity contribution in [1.82, 2.24) is 9.80 Å². The fourth-order valence-corrected chi connectivity index (χ4v) is 5.92. The molecule has 3 amide bonds. The van der Waals surface area contributed by atoms with Crippen molar-refractivity contribution in [2.24, 2.45) is 5.73 Å². The van der Waals surface area contributed by atoms with E-state index in [2.05, 4.69) is 0 Å².